The topological polar surface area (TPSA) is 20.2 Å². The van der Waals surface area contributed by atoms with E-state index in [2.05, 4.69) is 34.6 Å². The zero-order chi connectivity index (χ0) is 12.1. The Morgan fingerprint density at radius 2 is 1.60 bits per heavy atom. The van der Waals surface area contributed by atoms with E-state index in [1.807, 2.05) is 6.92 Å². The second-order valence-corrected chi connectivity index (χ2v) is 6.66. The molecule has 1 heteroatoms. The number of hydrogen-bond donors (Lipinski definition) is 1. The Labute approximate surface area is 96.3 Å². The molecular formula is C14H30O. The SMILES string of the molecule is CCCC(C)CC(C)(O)CCC(C)(C)C. The van der Waals surface area contributed by atoms with Crippen LogP contribution in [0.4, 0.5) is 0 Å². The first-order chi connectivity index (χ1) is 6.66. The van der Waals surface area contributed by atoms with Gasteiger partial charge in [-0.1, -0.05) is 47.5 Å². The normalized spacial score (nSPS) is 18.6. The zero-order valence-electron chi connectivity index (χ0n) is 11.6. The Morgan fingerprint density at radius 3 is 2.00 bits per heavy atom. The molecule has 0 amide bonds. The highest BCUT2D eigenvalue weighted by atomic mass is 16.3. The highest BCUT2D eigenvalue weighted by Crippen LogP contribution is 2.30. The van der Waals surface area contributed by atoms with Gasteiger partial charge >= 0.3 is 0 Å². The van der Waals surface area contributed by atoms with Crippen molar-refractivity contribution >= 4 is 0 Å². The molecule has 2 unspecified atom stereocenters. The maximum Gasteiger partial charge on any atom is 0.0622 e. The van der Waals surface area contributed by atoms with E-state index in [4.69, 9.17) is 0 Å². The smallest absolute Gasteiger partial charge is 0.0622 e. The van der Waals surface area contributed by atoms with Gasteiger partial charge in [-0.3, -0.25) is 0 Å². The summed E-state index contributed by atoms with van der Waals surface area (Å²) in [5, 5.41) is 10.3. The molecule has 0 aromatic carbocycles. The Morgan fingerprint density at radius 1 is 1.07 bits per heavy atom. The number of rotatable bonds is 6. The second-order valence-electron chi connectivity index (χ2n) is 6.66. The molecule has 0 fully saturated rings. The molecule has 0 aromatic heterocycles. The largest absolute Gasteiger partial charge is 0.390 e. The van der Waals surface area contributed by atoms with Crippen LogP contribution in [0, 0.1) is 11.3 Å². The fourth-order valence-corrected chi connectivity index (χ4v) is 2.09. The third-order valence-electron chi connectivity index (χ3n) is 2.98. The third-order valence-corrected chi connectivity index (χ3v) is 2.98. The Bertz CT molecular complexity index is 165. The minimum absolute atomic E-state index is 0.331. The van der Waals surface area contributed by atoms with Gasteiger partial charge in [0.15, 0.2) is 0 Å². The van der Waals surface area contributed by atoms with Gasteiger partial charge in [0.2, 0.25) is 0 Å². The van der Waals surface area contributed by atoms with E-state index in [9.17, 15) is 5.11 Å². The van der Waals surface area contributed by atoms with Gasteiger partial charge in [0.05, 0.1) is 5.60 Å². The second kappa shape index (κ2) is 5.89. The maximum absolute atomic E-state index is 10.3. The van der Waals surface area contributed by atoms with Crippen molar-refractivity contribution in [2.75, 3.05) is 0 Å². The van der Waals surface area contributed by atoms with E-state index in [-0.39, 0.29) is 0 Å². The van der Waals surface area contributed by atoms with Crippen LogP contribution in [0.3, 0.4) is 0 Å². The van der Waals surface area contributed by atoms with Crippen molar-refractivity contribution in [2.24, 2.45) is 11.3 Å². The number of hydrogen-bond acceptors (Lipinski definition) is 1. The summed E-state index contributed by atoms with van der Waals surface area (Å²) < 4.78 is 0. The molecule has 15 heavy (non-hydrogen) atoms. The van der Waals surface area contributed by atoms with Gasteiger partial charge in [-0.2, -0.15) is 0 Å². The van der Waals surface area contributed by atoms with E-state index in [0.717, 1.165) is 19.3 Å². The summed E-state index contributed by atoms with van der Waals surface area (Å²) in [5.74, 6) is 0.643. The van der Waals surface area contributed by atoms with Crippen molar-refractivity contribution in [2.45, 2.75) is 79.2 Å². The zero-order valence-corrected chi connectivity index (χ0v) is 11.6. The summed E-state index contributed by atoms with van der Waals surface area (Å²) in [5.41, 5.74) is -0.139. The predicted molar refractivity (Wildman–Crippen MR) is 68.0 cm³/mol. The van der Waals surface area contributed by atoms with Crippen molar-refractivity contribution in [3.05, 3.63) is 0 Å². The van der Waals surface area contributed by atoms with Crippen LogP contribution in [0.1, 0.15) is 73.6 Å². The monoisotopic (exact) mass is 214 g/mol. The first-order valence-corrected chi connectivity index (χ1v) is 6.39. The first-order valence-electron chi connectivity index (χ1n) is 6.39. The molecule has 1 N–H and O–H groups in total. The molecule has 0 radical (unpaired) electrons. The lowest BCUT2D eigenvalue weighted by molar-refractivity contribution is 0.0165. The summed E-state index contributed by atoms with van der Waals surface area (Å²) >= 11 is 0. The van der Waals surface area contributed by atoms with E-state index in [0.29, 0.717) is 11.3 Å². The van der Waals surface area contributed by atoms with Crippen molar-refractivity contribution < 1.29 is 5.11 Å². The molecule has 0 aliphatic rings. The van der Waals surface area contributed by atoms with E-state index in [1.165, 1.54) is 12.8 Å². The molecule has 0 aromatic rings. The average molecular weight is 214 g/mol. The Hall–Kier alpha value is -0.0400. The summed E-state index contributed by atoms with van der Waals surface area (Å²) in [6.45, 7) is 13.1. The van der Waals surface area contributed by atoms with Gasteiger partial charge < -0.3 is 5.11 Å². The quantitative estimate of drug-likeness (QED) is 0.695. The van der Waals surface area contributed by atoms with Crippen molar-refractivity contribution in [3.63, 3.8) is 0 Å². The van der Waals surface area contributed by atoms with Crippen LogP contribution in [-0.4, -0.2) is 10.7 Å². The molecule has 0 saturated heterocycles. The van der Waals surface area contributed by atoms with Gasteiger partial charge in [-0.05, 0) is 37.5 Å². The molecule has 0 rings (SSSR count). The van der Waals surface area contributed by atoms with E-state index in [1.54, 1.807) is 0 Å². The maximum atomic E-state index is 10.3. The summed E-state index contributed by atoms with van der Waals surface area (Å²) in [6, 6.07) is 0. The molecule has 0 heterocycles. The molecule has 0 saturated carbocycles. The molecule has 92 valence electrons. The predicted octanol–water partition coefficient (Wildman–Crippen LogP) is 4.39. The van der Waals surface area contributed by atoms with Crippen LogP contribution in [0.2, 0.25) is 0 Å². The third kappa shape index (κ3) is 8.92. The van der Waals surface area contributed by atoms with Crippen molar-refractivity contribution in [1.82, 2.24) is 0 Å². The molecule has 0 spiro atoms. The Kier molecular flexibility index (Phi) is 5.87. The van der Waals surface area contributed by atoms with Gasteiger partial charge in [-0.15, -0.1) is 0 Å². The van der Waals surface area contributed by atoms with E-state index < -0.39 is 5.60 Å². The molecule has 0 aliphatic carbocycles. The van der Waals surface area contributed by atoms with Gasteiger partial charge in [0, 0.05) is 0 Å². The minimum Gasteiger partial charge on any atom is -0.390 e. The molecular weight excluding hydrogens is 184 g/mol. The lowest BCUT2D eigenvalue weighted by Gasteiger charge is -2.30. The fourth-order valence-electron chi connectivity index (χ4n) is 2.09. The van der Waals surface area contributed by atoms with Crippen molar-refractivity contribution in [1.29, 1.82) is 0 Å². The standard InChI is InChI=1S/C14H30O/c1-7-8-12(2)11-14(6,15)10-9-13(3,4)5/h12,15H,7-11H2,1-6H3. The average Bonchev–Trinajstić information content (AvgIpc) is 1.99. The van der Waals surface area contributed by atoms with E-state index >= 15 is 0 Å². The van der Waals surface area contributed by atoms with Crippen LogP contribution >= 0.6 is 0 Å². The van der Waals surface area contributed by atoms with Crippen LogP contribution in [0.15, 0.2) is 0 Å². The fraction of sp³-hybridized carbons (Fsp3) is 1.00. The summed E-state index contributed by atoms with van der Waals surface area (Å²) in [4.78, 5) is 0. The molecule has 1 nitrogen and oxygen atoms in total. The summed E-state index contributed by atoms with van der Waals surface area (Å²) in [7, 11) is 0. The summed E-state index contributed by atoms with van der Waals surface area (Å²) in [6.07, 6.45) is 5.41. The van der Waals surface area contributed by atoms with Crippen LogP contribution < -0.4 is 0 Å². The molecule has 2 atom stereocenters. The lowest BCUT2D eigenvalue weighted by Crippen LogP contribution is -2.28. The minimum atomic E-state index is -0.470. The van der Waals surface area contributed by atoms with Crippen molar-refractivity contribution in [3.8, 4) is 0 Å². The lowest BCUT2D eigenvalue weighted by atomic mass is 9.81. The Balaban J connectivity index is 3.96. The van der Waals surface area contributed by atoms with Crippen LogP contribution in [0.25, 0.3) is 0 Å². The molecule has 0 bridgehead atoms. The van der Waals surface area contributed by atoms with Crippen LogP contribution in [-0.2, 0) is 0 Å². The molecule has 0 aliphatic heterocycles. The highest BCUT2D eigenvalue weighted by molar-refractivity contribution is 4.78. The van der Waals surface area contributed by atoms with Gasteiger partial charge in [-0.25, -0.2) is 0 Å². The van der Waals surface area contributed by atoms with Gasteiger partial charge in [0.25, 0.3) is 0 Å². The number of aliphatic hydroxyl groups is 1. The van der Waals surface area contributed by atoms with Gasteiger partial charge in [0.1, 0.15) is 0 Å². The first kappa shape index (κ1) is 15.0. The highest BCUT2D eigenvalue weighted by Gasteiger charge is 2.25. The van der Waals surface area contributed by atoms with Crippen LogP contribution in [0.5, 0.6) is 0 Å².